The van der Waals surface area contributed by atoms with Gasteiger partial charge in [0.1, 0.15) is 0 Å². The molecule has 0 fully saturated rings. The minimum Gasteiger partial charge on any atom is -0.481 e. The molecule has 0 amide bonds. The van der Waals surface area contributed by atoms with Crippen LogP contribution in [-0.4, -0.2) is 17.6 Å². The standard InChI is InChI=1S/C9H11BrN2O2/c10-6-1-2-7(11)8(5-6)12-4-3-9(13)14/h1-2,5,12H,3-4,11H2,(H,13,14). The van der Waals surface area contributed by atoms with Gasteiger partial charge in [-0.1, -0.05) is 15.9 Å². The van der Waals surface area contributed by atoms with Gasteiger partial charge in [0.25, 0.3) is 0 Å². The first kappa shape index (κ1) is 10.8. The molecule has 0 spiro atoms. The van der Waals surface area contributed by atoms with Gasteiger partial charge in [-0.3, -0.25) is 4.79 Å². The molecule has 1 rings (SSSR count). The number of carbonyl (C=O) groups is 1. The van der Waals surface area contributed by atoms with Crippen molar-refractivity contribution in [1.82, 2.24) is 0 Å². The third-order valence-corrected chi connectivity index (χ3v) is 2.16. The number of rotatable bonds is 4. The molecule has 0 aliphatic rings. The summed E-state index contributed by atoms with van der Waals surface area (Å²) in [5.74, 6) is -0.828. The van der Waals surface area contributed by atoms with Crippen LogP contribution in [-0.2, 0) is 4.79 Å². The second kappa shape index (κ2) is 4.85. The zero-order valence-electron chi connectivity index (χ0n) is 7.46. The van der Waals surface area contributed by atoms with Crippen LogP contribution in [0, 0.1) is 0 Å². The molecule has 0 aliphatic carbocycles. The quantitative estimate of drug-likeness (QED) is 0.722. The van der Waals surface area contributed by atoms with Gasteiger partial charge in [0.2, 0.25) is 0 Å². The van der Waals surface area contributed by atoms with Crippen LogP contribution in [0.5, 0.6) is 0 Å². The average Bonchev–Trinajstić information content (AvgIpc) is 2.10. The van der Waals surface area contributed by atoms with E-state index in [1.807, 2.05) is 12.1 Å². The summed E-state index contributed by atoms with van der Waals surface area (Å²) in [4.78, 5) is 10.3. The maximum absolute atomic E-state index is 10.3. The lowest BCUT2D eigenvalue weighted by atomic mass is 10.2. The highest BCUT2D eigenvalue weighted by Gasteiger charge is 2.00. The van der Waals surface area contributed by atoms with Gasteiger partial charge >= 0.3 is 5.97 Å². The predicted octanol–water partition coefficient (Wildman–Crippen LogP) is 1.92. The number of hydrogen-bond donors (Lipinski definition) is 3. The van der Waals surface area contributed by atoms with Gasteiger partial charge in [0.05, 0.1) is 17.8 Å². The van der Waals surface area contributed by atoms with Crippen molar-refractivity contribution in [2.45, 2.75) is 6.42 Å². The molecule has 0 bridgehead atoms. The van der Waals surface area contributed by atoms with Crippen molar-refractivity contribution in [3.63, 3.8) is 0 Å². The fourth-order valence-electron chi connectivity index (χ4n) is 0.986. The van der Waals surface area contributed by atoms with Crippen molar-refractivity contribution in [3.8, 4) is 0 Å². The number of halogens is 1. The first-order chi connectivity index (χ1) is 6.59. The summed E-state index contributed by atoms with van der Waals surface area (Å²) in [6.07, 6.45) is 0.0754. The second-order valence-electron chi connectivity index (χ2n) is 2.80. The number of nitrogen functional groups attached to an aromatic ring is 1. The van der Waals surface area contributed by atoms with E-state index in [1.165, 1.54) is 0 Å². The molecule has 0 heterocycles. The summed E-state index contributed by atoms with van der Waals surface area (Å²) >= 11 is 3.31. The Hall–Kier alpha value is -1.23. The first-order valence-electron chi connectivity index (χ1n) is 4.10. The predicted molar refractivity (Wildman–Crippen MR) is 59.3 cm³/mol. The van der Waals surface area contributed by atoms with Crippen molar-refractivity contribution >= 4 is 33.3 Å². The fraction of sp³-hybridized carbons (Fsp3) is 0.222. The van der Waals surface area contributed by atoms with Gasteiger partial charge in [-0.05, 0) is 18.2 Å². The SMILES string of the molecule is Nc1ccc(Br)cc1NCCC(=O)O. The van der Waals surface area contributed by atoms with Gasteiger partial charge in [-0.2, -0.15) is 0 Å². The molecule has 1 aromatic rings. The molecular formula is C9H11BrN2O2. The van der Waals surface area contributed by atoms with E-state index in [1.54, 1.807) is 6.07 Å². The number of carboxylic acids is 1. The van der Waals surface area contributed by atoms with Crippen molar-refractivity contribution in [3.05, 3.63) is 22.7 Å². The lowest BCUT2D eigenvalue weighted by molar-refractivity contribution is -0.136. The molecule has 76 valence electrons. The van der Waals surface area contributed by atoms with E-state index in [0.29, 0.717) is 12.2 Å². The molecule has 0 aromatic heterocycles. The maximum atomic E-state index is 10.3. The molecule has 0 radical (unpaired) electrons. The van der Waals surface area contributed by atoms with E-state index < -0.39 is 5.97 Å². The number of hydrogen-bond acceptors (Lipinski definition) is 3. The van der Waals surface area contributed by atoms with Crippen LogP contribution in [0.2, 0.25) is 0 Å². The topological polar surface area (TPSA) is 75.3 Å². The van der Waals surface area contributed by atoms with Crippen molar-refractivity contribution in [2.75, 3.05) is 17.6 Å². The Bertz CT molecular complexity index is 342. The van der Waals surface area contributed by atoms with Gasteiger partial charge in [0.15, 0.2) is 0 Å². The van der Waals surface area contributed by atoms with Gasteiger partial charge < -0.3 is 16.2 Å². The van der Waals surface area contributed by atoms with E-state index in [9.17, 15) is 4.79 Å². The fourth-order valence-corrected chi connectivity index (χ4v) is 1.35. The monoisotopic (exact) mass is 258 g/mol. The Morgan fingerprint density at radius 3 is 2.93 bits per heavy atom. The summed E-state index contributed by atoms with van der Waals surface area (Å²) in [5.41, 5.74) is 7.04. The number of nitrogens with two attached hydrogens (primary N) is 1. The molecule has 0 saturated carbocycles. The van der Waals surface area contributed by atoms with Crippen LogP contribution < -0.4 is 11.1 Å². The Morgan fingerprint density at radius 1 is 1.57 bits per heavy atom. The summed E-state index contributed by atoms with van der Waals surface area (Å²) in [6.45, 7) is 0.371. The molecule has 5 heteroatoms. The highest BCUT2D eigenvalue weighted by atomic mass is 79.9. The minimum absolute atomic E-state index is 0.0754. The van der Waals surface area contributed by atoms with E-state index in [-0.39, 0.29) is 6.42 Å². The van der Waals surface area contributed by atoms with Gasteiger partial charge in [0, 0.05) is 11.0 Å². The molecule has 14 heavy (non-hydrogen) atoms. The third kappa shape index (κ3) is 3.26. The molecule has 4 nitrogen and oxygen atoms in total. The van der Waals surface area contributed by atoms with Crippen molar-refractivity contribution in [2.24, 2.45) is 0 Å². The van der Waals surface area contributed by atoms with Crippen LogP contribution in [0.3, 0.4) is 0 Å². The van der Waals surface area contributed by atoms with Crippen molar-refractivity contribution < 1.29 is 9.90 Å². The van der Waals surface area contributed by atoms with Crippen LogP contribution >= 0.6 is 15.9 Å². The smallest absolute Gasteiger partial charge is 0.305 e. The van der Waals surface area contributed by atoms with Crippen LogP contribution in [0.1, 0.15) is 6.42 Å². The number of anilines is 2. The number of benzene rings is 1. The van der Waals surface area contributed by atoms with Gasteiger partial charge in [-0.15, -0.1) is 0 Å². The average molecular weight is 259 g/mol. The Labute approximate surface area is 90.2 Å². The first-order valence-corrected chi connectivity index (χ1v) is 4.89. The summed E-state index contributed by atoms with van der Waals surface area (Å²) < 4.78 is 0.907. The van der Waals surface area contributed by atoms with Crippen LogP contribution in [0.4, 0.5) is 11.4 Å². The lowest BCUT2D eigenvalue weighted by Gasteiger charge is -2.08. The zero-order chi connectivity index (χ0) is 10.6. The van der Waals surface area contributed by atoms with E-state index in [0.717, 1.165) is 10.2 Å². The minimum atomic E-state index is -0.828. The van der Waals surface area contributed by atoms with Crippen molar-refractivity contribution in [1.29, 1.82) is 0 Å². The number of aliphatic carboxylic acids is 1. The molecule has 4 N–H and O–H groups in total. The maximum Gasteiger partial charge on any atom is 0.305 e. The number of nitrogens with one attached hydrogen (secondary N) is 1. The molecule has 0 atom stereocenters. The normalized spacial score (nSPS) is 9.79. The summed E-state index contributed by atoms with van der Waals surface area (Å²) in [6, 6.07) is 5.40. The third-order valence-electron chi connectivity index (χ3n) is 1.67. The molecule has 0 unspecified atom stereocenters. The molecule has 0 aliphatic heterocycles. The molecule has 0 saturated heterocycles. The largest absolute Gasteiger partial charge is 0.481 e. The Kier molecular flexibility index (Phi) is 3.76. The van der Waals surface area contributed by atoms with Crippen LogP contribution in [0.25, 0.3) is 0 Å². The highest BCUT2D eigenvalue weighted by molar-refractivity contribution is 9.10. The summed E-state index contributed by atoms with van der Waals surface area (Å²) in [7, 11) is 0. The second-order valence-corrected chi connectivity index (χ2v) is 3.72. The molecule has 1 aromatic carbocycles. The Morgan fingerprint density at radius 2 is 2.29 bits per heavy atom. The Balaban J connectivity index is 2.57. The summed E-state index contributed by atoms with van der Waals surface area (Å²) in [5, 5.41) is 11.4. The number of carboxylic acid groups (broad SMARTS) is 1. The van der Waals surface area contributed by atoms with E-state index in [4.69, 9.17) is 10.8 Å². The lowest BCUT2D eigenvalue weighted by Crippen LogP contribution is -2.08. The zero-order valence-corrected chi connectivity index (χ0v) is 9.04. The highest BCUT2D eigenvalue weighted by Crippen LogP contribution is 2.22. The van der Waals surface area contributed by atoms with Gasteiger partial charge in [-0.25, -0.2) is 0 Å². The van der Waals surface area contributed by atoms with E-state index in [2.05, 4.69) is 21.2 Å². The molecular weight excluding hydrogens is 248 g/mol. The van der Waals surface area contributed by atoms with E-state index >= 15 is 0 Å². The van der Waals surface area contributed by atoms with Crippen LogP contribution in [0.15, 0.2) is 22.7 Å².